The van der Waals surface area contributed by atoms with Gasteiger partial charge in [0, 0.05) is 12.1 Å². The highest BCUT2D eigenvalue weighted by Gasteiger charge is 1.76. The van der Waals surface area contributed by atoms with Crippen molar-refractivity contribution < 1.29 is 4.74 Å². The van der Waals surface area contributed by atoms with E-state index in [2.05, 4.69) is 0 Å². The SMILES string of the molecule is [CH]CCOC/C=C/Cl. The van der Waals surface area contributed by atoms with Crippen LogP contribution in [0, 0.1) is 6.92 Å². The van der Waals surface area contributed by atoms with E-state index < -0.39 is 0 Å². The van der Waals surface area contributed by atoms with Gasteiger partial charge < -0.3 is 4.74 Å². The summed E-state index contributed by atoms with van der Waals surface area (Å²) in [5.41, 5.74) is 1.43. The smallest absolute Gasteiger partial charge is 0.0658 e. The Balaban J connectivity index is 2.72. The van der Waals surface area contributed by atoms with Crippen molar-refractivity contribution >= 4 is 11.6 Å². The predicted molar refractivity (Wildman–Crippen MR) is 34.7 cm³/mol. The number of rotatable bonds is 4. The van der Waals surface area contributed by atoms with E-state index in [1.165, 1.54) is 5.54 Å². The van der Waals surface area contributed by atoms with E-state index in [-0.39, 0.29) is 0 Å². The van der Waals surface area contributed by atoms with Crippen LogP contribution in [0.5, 0.6) is 0 Å². The van der Waals surface area contributed by atoms with E-state index in [1.54, 1.807) is 6.08 Å². The van der Waals surface area contributed by atoms with Crippen molar-refractivity contribution in [2.75, 3.05) is 13.2 Å². The summed E-state index contributed by atoms with van der Waals surface area (Å²) in [6.07, 6.45) is 2.29. The Morgan fingerprint density at radius 1 is 1.62 bits per heavy atom. The van der Waals surface area contributed by atoms with Crippen molar-refractivity contribution in [1.82, 2.24) is 0 Å². The van der Waals surface area contributed by atoms with Crippen LogP contribution >= 0.6 is 11.6 Å². The van der Waals surface area contributed by atoms with Crippen LogP contribution in [0.4, 0.5) is 0 Å². The summed E-state index contributed by atoms with van der Waals surface area (Å²) in [6, 6.07) is 0. The second kappa shape index (κ2) is 6.99. The third-order valence-electron chi connectivity index (χ3n) is 0.565. The van der Waals surface area contributed by atoms with Gasteiger partial charge in [-0.25, -0.2) is 0 Å². The standard InChI is InChI=1S/C6H9ClO/c1-2-5-8-6-3-4-7/h1,3-4H,2,5-6H2/b4-3+. The Morgan fingerprint density at radius 3 is 2.88 bits per heavy atom. The van der Waals surface area contributed by atoms with Crippen LogP contribution < -0.4 is 0 Å². The quantitative estimate of drug-likeness (QED) is 0.531. The third kappa shape index (κ3) is 5.99. The minimum Gasteiger partial charge on any atom is -0.377 e. The fraction of sp³-hybridized carbons (Fsp3) is 0.500. The largest absolute Gasteiger partial charge is 0.377 e. The Labute approximate surface area is 55.3 Å². The highest BCUT2D eigenvalue weighted by Crippen LogP contribution is 1.82. The van der Waals surface area contributed by atoms with Crippen molar-refractivity contribution in [1.29, 1.82) is 0 Å². The Kier molecular flexibility index (Phi) is 6.98. The summed E-state index contributed by atoms with van der Waals surface area (Å²) >= 11 is 5.19. The number of ether oxygens (including phenoxy) is 1. The number of hydrogen-bond acceptors (Lipinski definition) is 1. The van der Waals surface area contributed by atoms with E-state index in [9.17, 15) is 0 Å². The van der Waals surface area contributed by atoms with Crippen molar-refractivity contribution in [3.8, 4) is 0 Å². The predicted octanol–water partition coefficient (Wildman–Crippen LogP) is 1.86. The average molecular weight is 133 g/mol. The molecule has 0 rings (SSSR count). The van der Waals surface area contributed by atoms with Gasteiger partial charge in [-0.15, -0.1) is 0 Å². The molecule has 0 unspecified atom stereocenters. The Bertz CT molecular complexity index is 61.5. The molecular weight excluding hydrogens is 124 g/mol. The molecule has 0 N–H and O–H groups in total. The van der Waals surface area contributed by atoms with E-state index in [0.717, 1.165) is 0 Å². The Hall–Kier alpha value is -0.0100. The van der Waals surface area contributed by atoms with Gasteiger partial charge in [-0.05, 0) is 19.4 Å². The molecule has 0 aromatic rings. The summed E-state index contributed by atoms with van der Waals surface area (Å²) in [7, 11) is 0. The van der Waals surface area contributed by atoms with Gasteiger partial charge in [-0.1, -0.05) is 11.6 Å². The van der Waals surface area contributed by atoms with Crippen molar-refractivity contribution in [3.63, 3.8) is 0 Å². The maximum absolute atomic E-state index is 5.19. The van der Waals surface area contributed by atoms with Gasteiger partial charge in [0.05, 0.1) is 6.61 Å². The second-order valence-corrected chi connectivity index (χ2v) is 1.48. The van der Waals surface area contributed by atoms with Gasteiger partial charge in [-0.3, -0.25) is 0 Å². The number of halogens is 1. The molecule has 0 heterocycles. The van der Waals surface area contributed by atoms with Crippen LogP contribution in [-0.4, -0.2) is 13.2 Å². The molecule has 0 aliphatic rings. The monoisotopic (exact) mass is 132 g/mol. The number of hydrogen-bond donors (Lipinski definition) is 0. The molecule has 0 saturated carbocycles. The summed E-state index contributed by atoms with van der Waals surface area (Å²) in [4.78, 5) is 0. The molecule has 0 aromatic heterocycles. The van der Waals surface area contributed by atoms with Gasteiger partial charge in [0.15, 0.2) is 0 Å². The first-order valence-electron chi connectivity index (χ1n) is 2.45. The van der Waals surface area contributed by atoms with E-state index >= 15 is 0 Å². The molecule has 0 bridgehead atoms. The minimum absolute atomic E-state index is 0.556. The zero-order valence-electron chi connectivity index (χ0n) is 4.64. The molecular formula is C6H9ClO. The molecule has 0 spiro atoms. The molecule has 8 heavy (non-hydrogen) atoms. The van der Waals surface area contributed by atoms with Gasteiger partial charge in [-0.2, -0.15) is 0 Å². The first kappa shape index (κ1) is 7.99. The van der Waals surface area contributed by atoms with Crippen molar-refractivity contribution in [2.45, 2.75) is 6.42 Å². The van der Waals surface area contributed by atoms with Gasteiger partial charge in [0.2, 0.25) is 0 Å². The molecule has 0 saturated heterocycles. The maximum atomic E-state index is 5.19. The molecule has 0 aliphatic carbocycles. The fourth-order valence-electron chi connectivity index (χ4n) is 0.271. The summed E-state index contributed by atoms with van der Waals surface area (Å²) in [5, 5.41) is 0. The maximum Gasteiger partial charge on any atom is 0.0658 e. The van der Waals surface area contributed by atoms with Crippen LogP contribution in [0.1, 0.15) is 6.42 Å². The van der Waals surface area contributed by atoms with Crippen molar-refractivity contribution in [3.05, 3.63) is 18.5 Å². The molecule has 0 aromatic carbocycles. The van der Waals surface area contributed by atoms with Crippen molar-refractivity contribution in [2.24, 2.45) is 0 Å². The summed E-state index contributed by atoms with van der Waals surface area (Å²) in [6.45, 7) is 6.28. The van der Waals surface area contributed by atoms with Gasteiger partial charge in [0.25, 0.3) is 0 Å². The third-order valence-corrected chi connectivity index (χ3v) is 0.744. The average Bonchev–Trinajstić information content (AvgIpc) is 1.81. The van der Waals surface area contributed by atoms with E-state index in [0.29, 0.717) is 19.6 Å². The van der Waals surface area contributed by atoms with E-state index in [1.807, 2.05) is 0 Å². The Morgan fingerprint density at radius 2 is 2.38 bits per heavy atom. The topological polar surface area (TPSA) is 9.23 Å². The highest BCUT2D eigenvalue weighted by molar-refractivity contribution is 6.25. The molecule has 0 fully saturated rings. The van der Waals surface area contributed by atoms with Crippen LogP contribution in [0.3, 0.4) is 0 Å². The lowest BCUT2D eigenvalue weighted by molar-refractivity contribution is 0.167. The molecule has 0 atom stereocenters. The zero-order valence-corrected chi connectivity index (χ0v) is 5.40. The van der Waals surface area contributed by atoms with E-state index in [4.69, 9.17) is 23.3 Å². The lowest BCUT2D eigenvalue weighted by atomic mass is 10.5. The van der Waals surface area contributed by atoms with Gasteiger partial charge in [0.1, 0.15) is 0 Å². The normalized spacial score (nSPS) is 10.8. The zero-order chi connectivity index (χ0) is 6.24. The molecule has 2 radical (unpaired) electrons. The summed E-state index contributed by atoms with van der Waals surface area (Å²) in [5.74, 6) is 0. The van der Waals surface area contributed by atoms with Crippen LogP contribution in [-0.2, 0) is 4.74 Å². The second-order valence-electron chi connectivity index (χ2n) is 1.23. The highest BCUT2D eigenvalue weighted by atomic mass is 35.5. The molecule has 0 aliphatic heterocycles. The fourth-order valence-corrected chi connectivity index (χ4v) is 0.344. The molecule has 0 amide bonds. The summed E-state index contributed by atoms with van der Waals surface area (Å²) < 4.78 is 4.93. The molecule has 1 nitrogen and oxygen atoms in total. The lowest BCUT2D eigenvalue weighted by Crippen LogP contribution is -1.90. The van der Waals surface area contributed by atoms with Gasteiger partial charge >= 0.3 is 0 Å². The van der Waals surface area contributed by atoms with Crippen LogP contribution in [0.15, 0.2) is 11.6 Å². The van der Waals surface area contributed by atoms with Crippen LogP contribution in [0.2, 0.25) is 0 Å². The molecule has 46 valence electrons. The first-order chi connectivity index (χ1) is 3.91. The lowest BCUT2D eigenvalue weighted by Gasteiger charge is -1.93. The molecule has 2 heteroatoms. The van der Waals surface area contributed by atoms with Crippen LogP contribution in [0.25, 0.3) is 0 Å². The first-order valence-corrected chi connectivity index (χ1v) is 2.88. The minimum atomic E-state index is 0.556.